The average molecular weight is 324 g/mol. The van der Waals surface area contributed by atoms with Gasteiger partial charge in [0.2, 0.25) is 9.84 Å². The number of ketones is 1. The van der Waals surface area contributed by atoms with Gasteiger partial charge in [0.05, 0.1) is 4.91 Å². The SMILES string of the molecule is CC(=O)/C=C(/c1ccsc1)S(=O)(=O)C=Cc1ccsc1. The third-order valence-electron chi connectivity index (χ3n) is 2.43. The van der Waals surface area contributed by atoms with Gasteiger partial charge in [-0.1, -0.05) is 0 Å². The molecule has 0 saturated carbocycles. The number of carbonyl (C=O) groups excluding carboxylic acids is 1. The molecular formula is C14H12O3S3. The van der Waals surface area contributed by atoms with Crippen molar-refractivity contribution in [2.24, 2.45) is 0 Å². The van der Waals surface area contributed by atoms with Crippen molar-refractivity contribution in [2.45, 2.75) is 6.92 Å². The molecule has 0 aromatic carbocycles. The number of sulfone groups is 1. The molecule has 0 N–H and O–H groups in total. The molecule has 0 amide bonds. The van der Waals surface area contributed by atoms with Crippen LogP contribution in [-0.2, 0) is 14.6 Å². The van der Waals surface area contributed by atoms with E-state index in [0.29, 0.717) is 5.56 Å². The number of carbonyl (C=O) groups is 1. The highest BCUT2D eigenvalue weighted by atomic mass is 32.2. The zero-order chi connectivity index (χ0) is 14.6. The third-order valence-corrected chi connectivity index (χ3v) is 5.28. The second-order valence-electron chi connectivity index (χ2n) is 4.04. The summed E-state index contributed by atoms with van der Waals surface area (Å²) in [5, 5.41) is 8.36. The van der Waals surface area contributed by atoms with Gasteiger partial charge in [0.15, 0.2) is 5.78 Å². The minimum Gasteiger partial charge on any atom is -0.295 e. The highest BCUT2D eigenvalue weighted by molar-refractivity contribution is 8.03. The van der Waals surface area contributed by atoms with Crippen molar-refractivity contribution in [3.05, 3.63) is 56.3 Å². The molecule has 2 heterocycles. The van der Waals surface area contributed by atoms with Gasteiger partial charge in [-0.15, -0.1) is 0 Å². The molecule has 0 fully saturated rings. The van der Waals surface area contributed by atoms with Gasteiger partial charge in [0.1, 0.15) is 0 Å². The molecule has 0 saturated heterocycles. The van der Waals surface area contributed by atoms with Crippen LogP contribution >= 0.6 is 22.7 Å². The van der Waals surface area contributed by atoms with Crippen LogP contribution in [0.3, 0.4) is 0 Å². The van der Waals surface area contributed by atoms with Gasteiger partial charge in [-0.25, -0.2) is 8.42 Å². The van der Waals surface area contributed by atoms with Crippen LogP contribution in [0.25, 0.3) is 11.0 Å². The Morgan fingerprint density at radius 3 is 2.40 bits per heavy atom. The Morgan fingerprint density at radius 1 is 1.15 bits per heavy atom. The average Bonchev–Trinajstić information content (AvgIpc) is 3.06. The molecular weight excluding hydrogens is 312 g/mol. The first-order valence-corrected chi connectivity index (χ1v) is 9.12. The first-order chi connectivity index (χ1) is 9.49. The van der Waals surface area contributed by atoms with Crippen LogP contribution in [0.4, 0.5) is 0 Å². The molecule has 0 aliphatic heterocycles. The smallest absolute Gasteiger partial charge is 0.200 e. The lowest BCUT2D eigenvalue weighted by Gasteiger charge is -2.02. The second kappa shape index (κ2) is 6.30. The number of rotatable bonds is 5. The predicted octanol–water partition coefficient (Wildman–Crippen LogP) is 3.83. The van der Waals surface area contributed by atoms with Crippen molar-refractivity contribution in [3.8, 4) is 0 Å². The molecule has 0 aliphatic carbocycles. The molecule has 20 heavy (non-hydrogen) atoms. The van der Waals surface area contributed by atoms with E-state index in [1.54, 1.807) is 16.8 Å². The molecule has 0 unspecified atom stereocenters. The van der Waals surface area contributed by atoms with Crippen LogP contribution in [0.1, 0.15) is 18.1 Å². The summed E-state index contributed by atoms with van der Waals surface area (Å²) >= 11 is 2.88. The number of allylic oxidation sites excluding steroid dienone is 1. The van der Waals surface area contributed by atoms with E-state index in [1.165, 1.54) is 35.7 Å². The van der Waals surface area contributed by atoms with Crippen LogP contribution in [0.5, 0.6) is 0 Å². The lowest BCUT2D eigenvalue weighted by Crippen LogP contribution is -2.01. The van der Waals surface area contributed by atoms with Gasteiger partial charge < -0.3 is 0 Å². The van der Waals surface area contributed by atoms with E-state index >= 15 is 0 Å². The fourth-order valence-electron chi connectivity index (χ4n) is 1.53. The van der Waals surface area contributed by atoms with Crippen molar-refractivity contribution in [2.75, 3.05) is 0 Å². The van der Waals surface area contributed by atoms with Crippen LogP contribution < -0.4 is 0 Å². The molecule has 0 aliphatic rings. The number of hydrogen-bond donors (Lipinski definition) is 0. The quantitative estimate of drug-likeness (QED) is 0.786. The minimum absolute atomic E-state index is 0.0396. The molecule has 6 heteroatoms. The Labute approximate surface area is 125 Å². The van der Waals surface area contributed by atoms with E-state index in [1.807, 2.05) is 16.8 Å². The zero-order valence-corrected chi connectivity index (χ0v) is 13.1. The van der Waals surface area contributed by atoms with Gasteiger partial charge in [0, 0.05) is 17.0 Å². The first-order valence-electron chi connectivity index (χ1n) is 5.69. The van der Waals surface area contributed by atoms with Crippen molar-refractivity contribution in [1.82, 2.24) is 0 Å². The second-order valence-corrected chi connectivity index (χ2v) is 7.40. The van der Waals surface area contributed by atoms with Gasteiger partial charge >= 0.3 is 0 Å². The molecule has 104 valence electrons. The molecule has 2 aromatic rings. The van der Waals surface area contributed by atoms with E-state index in [0.717, 1.165) is 17.0 Å². The monoisotopic (exact) mass is 324 g/mol. The first kappa shape index (κ1) is 14.9. The van der Waals surface area contributed by atoms with E-state index < -0.39 is 9.84 Å². The Balaban J connectivity index is 2.41. The molecule has 0 radical (unpaired) electrons. The molecule has 0 bridgehead atoms. The van der Waals surface area contributed by atoms with Crippen molar-refractivity contribution >= 4 is 49.3 Å². The third kappa shape index (κ3) is 3.75. The summed E-state index contributed by atoms with van der Waals surface area (Å²) < 4.78 is 24.7. The summed E-state index contributed by atoms with van der Waals surface area (Å²) in [6, 6.07) is 3.52. The summed E-state index contributed by atoms with van der Waals surface area (Å²) in [7, 11) is -3.65. The maximum Gasteiger partial charge on any atom is 0.200 e. The van der Waals surface area contributed by atoms with Gasteiger partial charge in [-0.2, -0.15) is 22.7 Å². The van der Waals surface area contributed by atoms with Crippen molar-refractivity contribution in [3.63, 3.8) is 0 Å². The Bertz CT molecular complexity index is 734. The molecule has 2 aromatic heterocycles. The van der Waals surface area contributed by atoms with Crippen molar-refractivity contribution < 1.29 is 13.2 Å². The lowest BCUT2D eigenvalue weighted by molar-refractivity contribution is -0.112. The molecule has 2 rings (SSSR count). The normalized spacial score (nSPS) is 12.9. The van der Waals surface area contributed by atoms with E-state index in [-0.39, 0.29) is 10.7 Å². The fraction of sp³-hybridized carbons (Fsp3) is 0.0714. The van der Waals surface area contributed by atoms with E-state index in [2.05, 4.69) is 0 Å². The van der Waals surface area contributed by atoms with E-state index in [4.69, 9.17) is 0 Å². The zero-order valence-electron chi connectivity index (χ0n) is 10.6. The molecule has 0 atom stereocenters. The summed E-state index contributed by atoms with van der Waals surface area (Å²) in [6.07, 6.45) is 2.70. The topological polar surface area (TPSA) is 51.2 Å². The summed E-state index contributed by atoms with van der Waals surface area (Å²) in [5.74, 6) is -0.293. The Hall–Kier alpha value is -1.50. The Morgan fingerprint density at radius 2 is 1.85 bits per heavy atom. The molecule has 3 nitrogen and oxygen atoms in total. The fourth-order valence-corrected chi connectivity index (χ4v) is 4.16. The highest BCUT2D eigenvalue weighted by Gasteiger charge is 2.17. The summed E-state index contributed by atoms with van der Waals surface area (Å²) in [5.41, 5.74) is 1.37. The van der Waals surface area contributed by atoms with E-state index in [9.17, 15) is 13.2 Å². The minimum atomic E-state index is -3.65. The lowest BCUT2D eigenvalue weighted by atomic mass is 10.3. The summed E-state index contributed by atoms with van der Waals surface area (Å²) in [4.78, 5) is 11.3. The van der Waals surface area contributed by atoms with Gasteiger partial charge in [-0.05, 0) is 52.2 Å². The van der Waals surface area contributed by atoms with Crippen molar-refractivity contribution in [1.29, 1.82) is 0 Å². The van der Waals surface area contributed by atoms with Gasteiger partial charge in [-0.3, -0.25) is 4.79 Å². The van der Waals surface area contributed by atoms with Crippen LogP contribution in [0.2, 0.25) is 0 Å². The maximum absolute atomic E-state index is 12.4. The van der Waals surface area contributed by atoms with Gasteiger partial charge in [0.25, 0.3) is 0 Å². The van der Waals surface area contributed by atoms with Crippen LogP contribution in [0.15, 0.2) is 45.1 Å². The maximum atomic E-state index is 12.4. The Kier molecular flexibility index (Phi) is 4.69. The standard InChI is InChI=1S/C14H12O3S3/c1-11(15)8-14(13-3-6-19-10-13)20(16,17)7-4-12-2-5-18-9-12/h2-10H,1H3/b7-4?,14-8-. The highest BCUT2D eigenvalue weighted by Crippen LogP contribution is 2.25. The van der Waals surface area contributed by atoms with Crippen LogP contribution in [-0.4, -0.2) is 14.2 Å². The molecule has 0 spiro atoms. The predicted molar refractivity (Wildman–Crippen MR) is 85.2 cm³/mol. The largest absolute Gasteiger partial charge is 0.295 e. The number of thiophene rings is 2. The number of hydrogen-bond acceptors (Lipinski definition) is 5. The summed E-state index contributed by atoms with van der Waals surface area (Å²) in [6.45, 7) is 1.34. The van der Waals surface area contributed by atoms with Crippen LogP contribution in [0, 0.1) is 0 Å².